The van der Waals surface area contributed by atoms with Crippen LogP contribution < -0.4 is 4.74 Å². The number of hydrogen-bond donors (Lipinski definition) is 0. The third-order valence-electron chi connectivity index (χ3n) is 2.81. The van der Waals surface area contributed by atoms with Crippen molar-refractivity contribution < 1.29 is 4.74 Å². The van der Waals surface area contributed by atoms with E-state index in [9.17, 15) is 0 Å². The molecule has 0 fully saturated rings. The van der Waals surface area contributed by atoms with Crippen LogP contribution in [0.1, 0.15) is 11.1 Å². The van der Waals surface area contributed by atoms with Gasteiger partial charge in [-0.1, -0.05) is 24.1 Å². The average molecular weight is 206 g/mol. The molecule has 0 spiro atoms. The minimum absolute atomic E-state index is 0.654. The van der Waals surface area contributed by atoms with Crippen molar-refractivity contribution in [1.82, 2.24) is 0 Å². The molecule has 1 aliphatic heterocycles. The van der Waals surface area contributed by atoms with Crippen LogP contribution in [-0.4, -0.2) is 6.61 Å². The van der Waals surface area contributed by atoms with Crippen LogP contribution in [0.2, 0.25) is 0 Å². The lowest BCUT2D eigenvalue weighted by Crippen LogP contribution is -2.00. The fraction of sp³-hybridized carbons (Fsp3) is 0.0667. The summed E-state index contributed by atoms with van der Waals surface area (Å²) in [5.74, 6) is 3.60. The Labute approximate surface area is 94.4 Å². The van der Waals surface area contributed by atoms with Gasteiger partial charge in [-0.3, -0.25) is 0 Å². The molecule has 0 bridgehead atoms. The second kappa shape index (κ2) is 3.43. The van der Waals surface area contributed by atoms with Crippen molar-refractivity contribution >= 4 is 16.8 Å². The Morgan fingerprint density at radius 2 is 2.12 bits per heavy atom. The van der Waals surface area contributed by atoms with Gasteiger partial charge in [-0.05, 0) is 35.0 Å². The molecular formula is C15H10O. The minimum atomic E-state index is 0.654. The molecular weight excluding hydrogens is 196 g/mol. The fourth-order valence-electron chi connectivity index (χ4n) is 2.03. The molecule has 0 N–H and O–H groups in total. The van der Waals surface area contributed by atoms with Crippen LogP contribution in [0.15, 0.2) is 36.4 Å². The molecule has 16 heavy (non-hydrogen) atoms. The van der Waals surface area contributed by atoms with E-state index in [1.807, 2.05) is 30.3 Å². The fourth-order valence-corrected chi connectivity index (χ4v) is 2.03. The van der Waals surface area contributed by atoms with Gasteiger partial charge < -0.3 is 4.74 Å². The Bertz CT molecular complexity index is 630. The number of terminal acetylenes is 1. The van der Waals surface area contributed by atoms with Crippen LogP contribution in [0.25, 0.3) is 16.8 Å². The Morgan fingerprint density at radius 3 is 3.00 bits per heavy atom. The van der Waals surface area contributed by atoms with Gasteiger partial charge >= 0.3 is 0 Å². The Balaban J connectivity index is 2.35. The highest BCUT2D eigenvalue weighted by molar-refractivity contribution is 5.94. The molecule has 76 valence electrons. The summed E-state index contributed by atoms with van der Waals surface area (Å²) in [6, 6.07) is 10.1. The first-order chi connectivity index (χ1) is 7.88. The van der Waals surface area contributed by atoms with E-state index in [4.69, 9.17) is 11.2 Å². The van der Waals surface area contributed by atoms with Gasteiger partial charge in [-0.15, -0.1) is 6.42 Å². The maximum absolute atomic E-state index is 5.56. The highest BCUT2D eigenvalue weighted by Crippen LogP contribution is 2.31. The third-order valence-corrected chi connectivity index (χ3v) is 2.81. The third kappa shape index (κ3) is 1.28. The second-order valence-electron chi connectivity index (χ2n) is 3.77. The van der Waals surface area contributed by atoms with E-state index in [-0.39, 0.29) is 0 Å². The maximum atomic E-state index is 5.56. The maximum Gasteiger partial charge on any atom is 0.127 e. The Kier molecular flexibility index (Phi) is 1.94. The van der Waals surface area contributed by atoms with Crippen molar-refractivity contribution in [3.8, 4) is 18.1 Å². The zero-order chi connectivity index (χ0) is 11.0. The van der Waals surface area contributed by atoms with Crippen molar-refractivity contribution in [2.45, 2.75) is 0 Å². The highest BCUT2D eigenvalue weighted by Gasteiger charge is 2.09. The molecule has 0 amide bonds. The molecule has 2 aromatic carbocycles. The number of fused-ring (bicyclic) bond motifs is 3. The van der Waals surface area contributed by atoms with Crippen molar-refractivity contribution in [2.75, 3.05) is 6.61 Å². The van der Waals surface area contributed by atoms with Crippen LogP contribution in [0.4, 0.5) is 0 Å². The Hall–Kier alpha value is -2.20. The molecule has 0 aromatic heterocycles. The summed E-state index contributed by atoms with van der Waals surface area (Å²) in [5.41, 5.74) is 2.06. The van der Waals surface area contributed by atoms with Crippen molar-refractivity contribution in [3.63, 3.8) is 0 Å². The normalized spacial score (nSPS) is 12.9. The molecule has 0 saturated heterocycles. The summed E-state index contributed by atoms with van der Waals surface area (Å²) in [6.45, 7) is 0.654. The standard InChI is InChI=1S/C15H10O/c1-2-11-5-7-13-12(10-11)6-8-15-14(13)4-3-9-16-15/h1,3-8,10H,9H2. The highest BCUT2D eigenvalue weighted by atomic mass is 16.5. The molecule has 2 aromatic rings. The predicted octanol–water partition coefficient (Wildman–Crippen LogP) is 3.23. The largest absolute Gasteiger partial charge is 0.489 e. The first-order valence-electron chi connectivity index (χ1n) is 5.21. The number of rotatable bonds is 0. The summed E-state index contributed by atoms with van der Waals surface area (Å²) in [5, 5.41) is 2.34. The molecule has 0 saturated carbocycles. The van der Waals surface area contributed by atoms with Gasteiger partial charge in [0.2, 0.25) is 0 Å². The van der Waals surface area contributed by atoms with E-state index in [1.54, 1.807) is 0 Å². The van der Waals surface area contributed by atoms with Crippen LogP contribution in [0.3, 0.4) is 0 Å². The summed E-state index contributed by atoms with van der Waals surface area (Å²) >= 11 is 0. The second-order valence-corrected chi connectivity index (χ2v) is 3.77. The van der Waals surface area contributed by atoms with Gasteiger partial charge in [0.1, 0.15) is 12.4 Å². The van der Waals surface area contributed by atoms with Crippen LogP contribution >= 0.6 is 0 Å². The quantitative estimate of drug-likeness (QED) is 0.601. The molecule has 1 nitrogen and oxygen atoms in total. The summed E-state index contributed by atoms with van der Waals surface area (Å²) in [6.07, 6.45) is 9.52. The monoisotopic (exact) mass is 206 g/mol. The number of hydrogen-bond acceptors (Lipinski definition) is 1. The van der Waals surface area contributed by atoms with Gasteiger partial charge in [-0.2, -0.15) is 0 Å². The van der Waals surface area contributed by atoms with E-state index < -0.39 is 0 Å². The molecule has 3 rings (SSSR count). The lowest BCUT2D eigenvalue weighted by Gasteiger charge is -2.14. The predicted molar refractivity (Wildman–Crippen MR) is 66.4 cm³/mol. The molecule has 1 aliphatic rings. The van der Waals surface area contributed by atoms with Gasteiger partial charge in [0.05, 0.1) is 0 Å². The van der Waals surface area contributed by atoms with Crippen molar-refractivity contribution in [2.24, 2.45) is 0 Å². The van der Waals surface area contributed by atoms with Gasteiger partial charge in [0, 0.05) is 11.1 Å². The summed E-state index contributed by atoms with van der Waals surface area (Å²) in [7, 11) is 0. The molecule has 1 heteroatoms. The Morgan fingerprint density at radius 1 is 1.19 bits per heavy atom. The molecule has 1 heterocycles. The summed E-state index contributed by atoms with van der Waals surface area (Å²) in [4.78, 5) is 0. The van der Waals surface area contributed by atoms with Crippen LogP contribution in [0.5, 0.6) is 5.75 Å². The number of benzene rings is 2. The number of ether oxygens (including phenoxy) is 1. The topological polar surface area (TPSA) is 9.23 Å². The van der Waals surface area contributed by atoms with Crippen molar-refractivity contribution in [3.05, 3.63) is 47.5 Å². The first-order valence-corrected chi connectivity index (χ1v) is 5.21. The van der Waals surface area contributed by atoms with Crippen molar-refractivity contribution in [1.29, 1.82) is 0 Å². The van der Waals surface area contributed by atoms with E-state index in [1.165, 1.54) is 5.39 Å². The lowest BCUT2D eigenvalue weighted by atomic mass is 10.0. The van der Waals surface area contributed by atoms with E-state index in [2.05, 4.69) is 18.1 Å². The summed E-state index contributed by atoms with van der Waals surface area (Å²) < 4.78 is 5.56. The molecule has 0 atom stereocenters. The molecule has 0 unspecified atom stereocenters. The first kappa shape index (κ1) is 9.06. The lowest BCUT2D eigenvalue weighted by molar-refractivity contribution is 0.359. The van der Waals surface area contributed by atoms with E-state index >= 15 is 0 Å². The van der Waals surface area contributed by atoms with Gasteiger partial charge in [0.15, 0.2) is 0 Å². The zero-order valence-electron chi connectivity index (χ0n) is 8.73. The SMILES string of the molecule is C#Cc1ccc2c3c(ccc2c1)OCC=C3. The van der Waals surface area contributed by atoms with Gasteiger partial charge in [-0.25, -0.2) is 0 Å². The average Bonchev–Trinajstić information content (AvgIpc) is 2.38. The van der Waals surface area contributed by atoms with Crippen LogP contribution in [-0.2, 0) is 0 Å². The van der Waals surface area contributed by atoms with E-state index in [0.29, 0.717) is 6.61 Å². The zero-order valence-corrected chi connectivity index (χ0v) is 8.73. The van der Waals surface area contributed by atoms with Gasteiger partial charge in [0.25, 0.3) is 0 Å². The van der Waals surface area contributed by atoms with E-state index in [0.717, 1.165) is 22.3 Å². The smallest absolute Gasteiger partial charge is 0.127 e. The molecule has 0 radical (unpaired) electrons. The minimum Gasteiger partial charge on any atom is -0.489 e. The van der Waals surface area contributed by atoms with Crippen LogP contribution in [0, 0.1) is 12.3 Å². The molecule has 0 aliphatic carbocycles.